The zero-order valence-corrected chi connectivity index (χ0v) is 10.5. The van der Waals surface area contributed by atoms with Gasteiger partial charge in [-0.2, -0.15) is 21.6 Å². The van der Waals surface area contributed by atoms with E-state index in [0.717, 1.165) is 18.2 Å². The molecule has 0 heterocycles. The quantitative estimate of drug-likeness (QED) is 0.451. The summed E-state index contributed by atoms with van der Waals surface area (Å²) in [6, 6.07) is 3.29. The second kappa shape index (κ2) is 6.21. The molecule has 0 spiro atoms. The van der Waals surface area contributed by atoms with Crippen LogP contribution in [0.4, 0.5) is 18.9 Å². The summed E-state index contributed by atoms with van der Waals surface area (Å²) in [6.07, 6.45) is -4.54. The molecule has 11 heteroatoms. The van der Waals surface area contributed by atoms with Crippen LogP contribution in [-0.4, -0.2) is 13.3 Å². The molecule has 0 N–H and O–H groups in total. The fourth-order valence-corrected chi connectivity index (χ4v) is 0.796. The van der Waals surface area contributed by atoms with Crippen LogP contribution >= 0.6 is 21.4 Å². The van der Waals surface area contributed by atoms with E-state index >= 15 is 0 Å². The Morgan fingerprint density at radius 1 is 1.22 bits per heavy atom. The van der Waals surface area contributed by atoms with Gasteiger partial charge in [0.25, 0.3) is 5.69 Å². The lowest BCUT2D eigenvalue weighted by atomic mass is 10.2. The zero-order valence-electron chi connectivity index (χ0n) is 8.19. The minimum absolute atomic E-state index is 0.500. The van der Waals surface area contributed by atoms with Gasteiger partial charge in [0.15, 0.2) is 0 Å². The molecule has 0 atom stereocenters. The molecule has 0 amide bonds. The monoisotopic (exact) mass is 325 g/mol. The van der Waals surface area contributed by atoms with Crippen molar-refractivity contribution in [1.82, 2.24) is 0 Å². The molecule has 0 aliphatic heterocycles. The lowest BCUT2D eigenvalue weighted by Crippen LogP contribution is -2.04. The highest BCUT2D eigenvalue weighted by Gasteiger charge is 2.31. The third kappa shape index (κ3) is 8.09. The number of hydrogen-bond acceptors (Lipinski definition) is 4. The van der Waals surface area contributed by atoms with Crippen molar-refractivity contribution >= 4 is 35.3 Å². The Bertz CT molecular complexity index is 524. The molecule has 0 aliphatic rings. The summed E-state index contributed by atoms with van der Waals surface area (Å²) in [7, 11) is 4.81. The summed E-state index contributed by atoms with van der Waals surface area (Å²) < 4.78 is 54.4. The highest BCUT2D eigenvalue weighted by atomic mass is 36.0. The van der Waals surface area contributed by atoms with Crippen LogP contribution in [-0.2, 0) is 14.4 Å². The Labute approximate surface area is 108 Å². The Balaban J connectivity index is 0.000000494. The highest BCUT2D eigenvalue weighted by molar-refractivity contribution is 8.31. The SMILES string of the molecule is O=S(=O)(Cl)Cl.O=[N+]([O-])c1cccc(C(F)(F)F)c1. The second-order valence-corrected chi connectivity index (χ2v) is 6.35. The summed E-state index contributed by atoms with van der Waals surface area (Å²) in [4.78, 5) is 9.25. The van der Waals surface area contributed by atoms with Crippen molar-refractivity contribution in [1.29, 1.82) is 0 Å². The number of non-ortho nitro benzene ring substituents is 1. The first-order valence-corrected chi connectivity index (χ1v) is 7.00. The topological polar surface area (TPSA) is 77.3 Å². The molecule has 0 radical (unpaired) electrons. The van der Waals surface area contributed by atoms with Crippen LogP contribution in [0.5, 0.6) is 0 Å². The minimum atomic E-state index is -4.54. The molecule has 0 aliphatic carbocycles. The van der Waals surface area contributed by atoms with Gasteiger partial charge in [0, 0.05) is 33.5 Å². The molecule has 5 nitrogen and oxygen atoms in total. The molecule has 1 aromatic rings. The van der Waals surface area contributed by atoms with Crippen molar-refractivity contribution in [2.45, 2.75) is 6.18 Å². The summed E-state index contributed by atoms with van der Waals surface area (Å²) in [5.74, 6) is 0. The van der Waals surface area contributed by atoms with Crippen LogP contribution < -0.4 is 0 Å². The molecular weight excluding hydrogens is 322 g/mol. The Morgan fingerprint density at radius 3 is 2.00 bits per heavy atom. The number of nitrogens with zero attached hydrogens (tertiary/aromatic N) is 1. The van der Waals surface area contributed by atoms with Gasteiger partial charge in [-0.3, -0.25) is 10.1 Å². The first kappa shape index (κ1) is 16.9. The van der Waals surface area contributed by atoms with Gasteiger partial charge in [0.05, 0.1) is 10.5 Å². The number of halogens is 5. The molecule has 0 bridgehead atoms. The lowest BCUT2D eigenvalue weighted by molar-refractivity contribution is -0.385. The fourth-order valence-electron chi connectivity index (χ4n) is 0.796. The maximum Gasteiger partial charge on any atom is 0.416 e. The average Bonchev–Trinajstić information content (AvgIpc) is 2.14. The van der Waals surface area contributed by atoms with Crippen LogP contribution in [0.15, 0.2) is 24.3 Å². The predicted octanol–water partition coefficient (Wildman–Crippen LogP) is 3.32. The lowest BCUT2D eigenvalue weighted by Gasteiger charge is -2.04. The van der Waals surface area contributed by atoms with Crippen molar-refractivity contribution in [3.63, 3.8) is 0 Å². The van der Waals surface area contributed by atoms with Crippen molar-refractivity contribution in [3.05, 3.63) is 39.9 Å². The molecular formula is C7H4Cl2F3NO4S. The van der Waals surface area contributed by atoms with Crippen molar-refractivity contribution in [2.24, 2.45) is 0 Å². The predicted molar refractivity (Wildman–Crippen MR) is 58.7 cm³/mol. The largest absolute Gasteiger partial charge is 0.416 e. The van der Waals surface area contributed by atoms with E-state index in [0.29, 0.717) is 6.07 Å². The molecule has 0 saturated heterocycles. The van der Waals surface area contributed by atoms with E-state index < -0.39 is 30.6 Å². The van der Waals surface area contributed by atoms with Gasteiger partial charge >= 0.3 is 14.4 Å². The van der Waals surface area contributed by atoms with Crippen LogP contribution in [0.25, 0.3) is 0 Å². The Hall–Kier alpha value is -1.06. The molecule has 18 heavy (non-hydrogen) atoms. The van der Waals surface area contributed by atoms with E-state index in [9.17, 15) is 23.3 Å². The smallest absolute Gasteiger partial charge is 0.258 e. The number of benzene rings is 1. The number of nitro groups is 1. The van der Waals surface area contributed by atoms with E-state index in [1.54, 1.807) is 0 Å². The molecule has 1 aromatic carbocycles. The van der Waals surface area contributed by atoms with Crippen molar-refractivity contribution in [2.75, 3.05) is 0 Å². The maximum absolute atomic E-state index is 12.0. The molecule has 0 saturated carbocycles. The molecule has 102 valence electrons. The summed E-state index contributed by atoms with van der Waals surface area (Å²) in [6.45, 7) is 0. The Kier molecular flexibility index (Phi) is 5.84. The number of hydrogen-bond donors (Lipinski definition) is 0. The summed E-state index contributed by atoms with van der Waals surface area (Å²) >= 11 is 0. The third-order valence-corrected chi connectivity index (χ3v) is 1.38. The Morgan fingerprint density at radius 2 is 1.67 bits per heavy atom. The number of nitro benzene ring substituents is 1. The fraction of sp³-hybridized carbons (Fsp3) is 0.143. The van der Waals surface area contributed by atoms with Gasteiger partial charge in [0.2, 0.25) is 0 Å². The molecule has 1 rings (SSSR count). The first-order valence-electron chi connectivity index (χ1n) is 3.87. The van der Waals surface area contributed by atoms with Crippen LogP contribution in [0, 0.1) is 10.1 Å². The number of rotatable bonds is 1. The summed E-state index contributed by atoms with van der Waals surface area (Å²) in [5.41, 5.74) is -1.57. The van der Waals surface area contributed by atoms with Crippen molar-refractivity contribution < 1.29 is 26.5 Å². The molecule has 0 fully saturated rings. The van der Waals surface area contributed by atoms with Gasteiger partial charge < -0.3 is 0 Å². The van der Waals surface area contributed by atoms with Gasteiger partial charge in [-0.05, 0) is 6.07 Å². The van der Waals surface area contributed by atoms with E-state index in [1.807, 2.05) is 0 Å². The van der Waals surface area contributed by atoms with E-state index in [1.165, 1.54) is 0 Å². The van der Waals surface area contributed by atoms with Gasteiger partial charge in [-0.15, -0.1) is 0 Å². The number of alkyl halides is 3. The van der Waals surface area contributed by atoms with E-state index in [4.69, 9.17) is 8.42 Å². The van der Waals surface area contributed by atoms with E-state index in [2.05, 4.69) is 21.4 Å². The van der Waals surface area contributed by atoms with Gasteiger partial charge in [-0.1, -0.05) is 6.07 Å². The van der Waals surface area contributed by atoms with E-state index in [-0.39, 0.29) is 0 Å². The second-order valence-electron chi connectivity index (χ2n) is 2.68. The molecule has 0 aromatic heterocycles. The van der Waals surface area contributed by atoms with Crippen molar-refractivity contribution in [3.8, 4) is 0 Å². The first-order chi connectivity index (χ1) is 7.91. The zero-order chi connectivity index (χ0) is 14.6. The molecule has 0 unspecified atom stereocenters. The standard InChI is InChI=1S/C7H4F3NO2.Cl2O2S/c8-7(9,10)5-2-1-3-6(4-5)11(12)13;1-5(2,3)4/h1-4H;. The van der Waals surface area contributed by atoms with Gasteiger partial charge in [-0.25, -0.2) is 0 Å². The van der Waals surface area contributed by atoms with Gasteiger partial charge in [0.1, 0.15) is 0 Å². The van der Waals surface area contributed by atoms with Crippen LogP contribution in [0.2, 0.25) is 0 Å². The maximum atomic E-state index is 12.0. The normalized spacial score (nSPS) is 11.4. The highest BCUT2D eigenvalue weighted by Crippen LogP contribution is 2.30. The average molecular weight is 326 g/mol. The van der Waals surface area contributed by atoms with Crippen LogP contribution in [0.1, 0.15) is 5.56 Å². The van der Waals surface area contributed by atoms with Crippen LogP contribution in [0.3, 0.4) is 0 Å². The summed E-state index contributed by atoms with van der Waals surface area (Å²) in [5, 5.41) is 10.1. The minimum Gasteiger partial charge on any atom is -0.258 e. The third-order valence-electron chi connectivity index (χ3n) is 1.38.